The molecule has 0 saturated carbocycles. The molecule has 2 fully saturated rings. The Kier molecular flexibility index (Phi) is 5.59. The molecule has 2 aromatic rings. The van der Waals surface area contributed by atoms with Gasteiger partial charge in [-0.05, 0) is 52.1 Å². The van der Waals surface area contributed by atoms with Crippen LogP contribution in [0.2, 0.25) is 0 Å². The van der Waals surface area contributed by atoms with Gasteiger partial charge in [-0.3, -0.25) is 9.88 Å². The number of aromatic nitrogens is 4. The third-order valence-corrected chi connectivity index (χ3v) is 5.45. The van der Waals surface area contributed by atoms with E-state index in [1.54, 1.807) is 6.20 Å². The van der Waals surface area contributed by atoms with Gasteiger partial charge >= 0.3 is 0 Å². The fraction of sp³-hybridized carbons (Fsp3) is 0.600. The lowest BCUT2D eigenvalue weighted by molar-refractivity contribution is 0.0237. The molecule has 7 nitrogen and oxygen atoms in total. The molecule has 0 aromatic carbocycles. The van der Waals surface area contributed by atoms with E-state index in [4.69, 9.17) is 9.72 Å². The van der Waals surface area contributed by atoms with E-state index < -0.39 is 0 Å². The Morgan fingerprint density at radius 3 is 2.59 bits per heavy atom. The highest BCUT2D eigenvalue weighted by Gasteiger charge is 2.28. The lowest BCUT2D eigenvalue weighted by Crippen LogP contribution is -2.44. The highest BCUT2D eigenvalue weighted by molar-refractivity contribution is 5.46. The van der Waals surface area contributed by atoms with Gasteiger partial charge in [0.25, 0.3) is 0 Å². The van der Waals surface area contributed by atoms with Gasteiger partial charge in [0, 0.05) is 49.3 Å². The predicted octanol–water partition coefficient (Wildman–Crippen LogP) is 2.99. The van der Waals surface area contributed by atoms with Crippen molar-refractivity contribution in [2.24, 2.45) is 0 Å². The number of likely N-dealkylation sites (tertiary alicyclic amines) is 1. The third-order valence-electron chi connectivity index (χ3n) is 5.45. The van der Waals surface area contributed by atoms with E-state index in [0.717, 1.165) is 56.1 Å². The fourth-order valence-electron chi connectivity index (χ4n) is 4.16. The quantitative estimate of drug-likeness (QED) is 0.889. The van der Waals surface area contributed by atoms with Crippen LogP contribution in [-0.2, 0) is 4.74 Å². The minimum absolute atomic E-state index is 0.427. The molecule has 27 heavy (non-hydrogen) atoms. The van der Waals surface area contributed by atoms with E-state index in [9.17, 15) is 0 Å². The molecule has 2 saturated heterocycles. The van der Waals surface area contributed by atoms with Crippen LogP contribution in [0.15, 0.2) is 18.5 Å². The summed E-state index contributed by atoms with van der Waals surface area (Å²) in [5.41, 5.74) is 2.93. The molecule has 0 radical (unpaired) electrons. The van der Waals surface area contributed by atoms with E-state index in [-0.39, 0.29) is 0 Å². The lowest BCUT2D eigenvalue weighted by Gasteiger charge is -2.39. The van der Waals surface area contributed by atoms with Gasteiger partial charge in [-0.25, -0.2) is 15.0 Å². The minimum atomic E-state index is 0.427. The zero-order valence-electron chi connectivity index (χ0n) is 16.2. The van der Waals surface area contributed by atoms with Gasteiger partial charge in [-0.15, -0.1) is 0 Å². The highest BCUT2D eigenvalue weighted by Crippen LogP contribution is 2.29. The first kappa shape index (κ1) is 18.3. The molecule has 7 heteroatoms. The minimum Gasteiger partial charge on any atom is -0.381 e. The highest BCUT2D eigenvalue weighted by atomic mass is 16.5. The topological polar surface area (TPSA) is 76.1 Å². The largest absolute Gasteiger partial charge is 0.381 e. The summed E-state index contributed by atoms with van der Waals surface area (Å²) in [5.74, 6) is 1.71. The molecule has 0 aliphatic carbocycles. The van der Waals surface area contributed by atoms with Crippen molar-refractivity contribution in [1.29, 1.82) is 0 Å². The average Bonchev–Trinajstić information content (AvgIpc) is 2.68. The molecule has 4 heterocycles. The van der Waals surface area contributed by atoms with Gasteiger partial charge < -0.3 is 10.1 Å². The standard InChI is InChI=1S/C20H28N6O/c1-14-10-15(2)23-20(22-14)25-19-12-21-11-18(24-19)16-4-3-7-26(13-16)17-5-8-27-9-6-17/h10-12,16-17H,3-9,13H2,1-2H3,(H,22,23,24,25)/t16-/m1/s1. The average molecular weight is 368 g/mol. The summed E-state index contributed by atoms with van der Waals surface area (Å²) >= 11 is 0. The van der Waals surface area contributed by atoms with Crippen LogP contribution in [0.4, 0.5) is 11.8 Å². The lowest BCUT2D eigenvalue weighted by atomic mass is 9.92. The molecule has 144 valence electrons. The molecule has 4 rings (SSSR count). The van der Waals surface area contributed by atoms with E-state index in [0.29, 0.717) is 23.7 Å². The van der Waals surface area contributed by atoms with Crippen LogP contribution in [0.1, 0.15) is 48.7 Å². The van der Waals surface area contributed by atoms with Crippen molar-refractivity contribution >= 4 is 11.8 Å². The zero-order valence-corrected chi connectivity index (χ0v) is 16.2. The third kappa shape index (κ3) is 4.59. The van der Waals surface area contributed by atoms with Crippen LogP contribution in [0.25, 0.3) is 0 Å². The number of piperidine rings is 1. The van der Waals surface area contributed by atoms with Gasteiger partial charge in [-0.1, -0.05) is 0 Å². The van der Waals surface area contributed by atoms with Crippen LogP contribution in [0.3, 0.4) is 0 Å². The van der Waals surface area contributed by atoms with Crippen LogP contribution in [-0.4, -0.2) is 57.2 Å². The molecule has 0 bridgehead atoms. The van der Waals surface area contributed by atoms with Crippen molar-refractivity contribution in [1.82, 2.24) is 24.8 Å². The molecule has 2 aromatic heterocycles. The Morgan fingerprint density at radius 1 is 1.04 bits per heavy atom. The van der Waals surface area contributed by atoms with Crippen molar-refractivity contribution < 1.29 is 4.74 Å². The van der Waals surface area contributed by atoms with Crippen molar-refractivity contribution in [3.63, 3.8) is 0 Å². The Hall–Kier alpha value is -2.12. The number of nitrogens with one attached hydrogen (secondary N) is 1. The Morgan fingerprint density at radius 2 is 1.81 bits per heavy atom. The monoisotopic (exact) mass is 368 g/mol. The number of ether oxygens (including phenoxy) is 1. The van der Waals surface area contributed by atoms with Crippen molar-refractivity contribution in [2.45, 2.75) is 51.5 Å². The molecule has 0 spiro atoms. The summed E-state index contributed by atoms with van der Waals surface area (Å²) < 4.78 is 5.52. The van der Waals surface area contributed by atoms with Crippen LogP contribution < -0.4 is 5.32 Å². The van der Waals surface area contributed by atoms with E-state index >= 15 is 0 Å². The summed E-state index contributed by atoms with van der Waals surface area (Å²) in [4.78, 5) is 20.7. The summed E-state index contributed by atoms with van der Waals surface area (Å²) in [6, 6.07) is 2.61. The normalized spacial score (nSPS) is 21.9. The summed E-state index contributed by atoms with van der Waals surface area (Å²) in [5, 5.41) is 3.21. The van der Waals surface area contributed by atoms with Crippen LogP contribution >= 0.6 is 0 Å². The molecule has 0 amide bonds. The first-order valence-corrected chi connectivity index (χ1v) is 9.90. The van der Waals surface area contributed by atoms with Gasteiger partial charge in [0.2, 0.25) is 5.95 Å². The second-order valence-corrected chi connectivity index (χ2v) is 7.61. The van der Waals surface area contributed by atoms with E-state index in [1.165, 1.54) is 13.0 Å². The van der Waals surface area contributed by atoms with Gasteiger partial charge in [0.05, 0.1) is 11.9 Å². The fourth-order valence-corrected chi connectivity index (χ4v) is 4.16. The van der Waals surface area contributed by atoms with Gasteiger partial charge in [-0.2, -0.15) is 0 Å². The van der Waals surface area contributed by atoms with Crippen LogP contribution in [0, 0.1) is 13.8 Å². The first-order chi connectivity index (χ1) is 13.2. The summed E-state index contributed by atoms with van der Waals surface area (Å²) in [6.07, 6.45) is 8.31. The summed E-state index contributed by atoms with van der Waals surface area (Å²) in [7, 11) is 0. The molecule has 0 unspecified atom stereocenters. The zero-order chi connectivity index (χ0) is 18.6. The number of rotatable bonds is 4. The molecule has 2 aliphatic heterocycles. The Bertz CT molecular complexity index is 757. The van der Waals surface area contributed by atoms with E-state index in [2.05, 4.69) is 25.2 Å². The number of nitrogens with zero attached hydrogens (tertiary/aromatic N) is 5. The predicted molar refractivity (Wildman–Crippen MR) is 104 cm³/mol. The Balaban J connectivity index is 1.46. The SMILES string of the molecule is Cc1cc(C)nc(Nc2cncc([C@@H]3CCCN(C4CCOCC4)C3)n2)n1. The maximum absolute atomic E-state index is 5.52. The maximum Gasteiger partial charge on any atom is 0.228 e. The van der Waals surface area contributed by atoms with Crippen LogP contribution in [0.5, 0.6) is 0 Å². The number of anilines is 2. The van der Waals surface area contributed by atoms with Gasteiger partial charge in [0.1, 0.15) is 0 Å². The first-order valence-electron chi connectivity index (χ1n) is 9.90. The molecular formula is C20H28N6O. The van der Waals surface area contributed by atoms with Crippen molar-refractivity contribution in [3.8, 4) is 0 Å². The van der Waals surface area contributed by atoms with Crippen molar-refractivity contribution in [2.75, 3.05) is 31.6 Å². The second-order valence-electron chi connectivity index (χ2n) is 7.61. The molecule has 2 aliphatic rings. The number of hydrogen-bond acceptors (Lipinski definition) is 7. The second kappa shape index (κ2) is 8.27. The summed E-state index contributed by atoms with van der Waals surface area (Å²) in [6.45, 7) is 7.96. The van der Waals surface area contributed by atoms with Crippen molar-refractivity contribution in [3.05, 3.63) is 35.5 Å². The maximum atomic E-state index is 5.52. The molecular weight excluding hydrogens is 340 g/mol. The molecule has 1 atom stereocenters. The van der Waals surface area contributed by atoms with E-state index in [1.807, 2.05) is 26.1 Å². The number of aryl methyl sites for hydroxylation is 2. The Labute approximate surface area is 160 Å². The smallest absolute Gasteiger partial charge is 0.228 e. The number of hydrogen-bond donors (Lipinski definition) is 1. The van der Waals surface area contributed by atoms with Gasteiger partial charge in [0.15, 0.2) is 5.82 Å². The molecule has 1 N–H and O–H groups in total.